The van der Waals surface area contributed by atoms with Gasteiger partial charge in [-0.25, -0.2) is 4.98 Å². The monoisotopic (exact) mass is 656 g/mol. The van der Waals surface area contributed by atoms with Crippen LogP contribution in [0.3, 0.4) is 0 Å². The van der Waals surface area contributed by atoms with Crippen LogP contribution in [0.4, 0.5) is 17.3 Å². The summed E-state index contributed by atoms with van der Waals surface area (Å²) in [5.41, 5.74) is 4.32. The number of piperazine rings is 1. The Hall–Kier alpha value is -3.84. The molecule has 6 heterocycles. The summed E-state index contributed by atoms with van der Waals surface area (Å²) in [5, 5.41) is 4.10. The first kappa shape index (κ1) is 31.7. The molecule has 0 spiro atoms. The Balaban J connectivity index is 1.19. The third-order valence-corrected chi connectivity index (χ3v) is 11.9. The topological polar surface area (TPSA) is 109 Å². The molecule has 47 heavy (non-hydrogen) atoms. The normalized spacial score (nSPS) is 20.3. The molecule has 0 saturated carbocycles. The van der Waals surface area contributed by atoms with Gasteiger partial charge in [0.25, 0.3) is 5.56 Å². The maximum absolute atomic E-state index is 14.2. The first-order valence-corrected chi connectivity index (χ1v) is 18.6. The van der Waals surface area contributed by atoms with Crippen LogP contribution < -0.4 is 15.8 Å². The minimum atomic E-state index is -2.43. The fraction of sp³-hybridized carbons (Fsp3) is 0.457. The molecular formula is C35H44N8O3S. The van der Waals surface area contributed by atoms with E-state index in [-0.39, 0.29) is 5.56 Å². The van der Waals surface area contributed by atoms with Crippen molar-refractivity contribution in [2.75, 3.05) is 75.0 Å². The summed E-state index contributed by atoms with van der Waals surface area (Å²) in [6.07, 6.45) is 5.94. The number of hydrogen-bond acceptors (Lipinski definition) is 10. The van der Waals surface area contributed by atoms with Gasteiger partial charge in [0.1, 0.15) is 5.65 Å². The van der Waals surface area contributed by atoms with Gasteiger partial charge in [0.05, 0.1) is 24.5 Å². The Bertz CT molecular complexity index is 1920. The van der Waals surface area contributed by atoms with E-state index in [2.05, 4.69) is 60.1 Å². The van der Waals surface area contributed by atoms with Crippen molar-refractivity contribution in [3.63, 3.8) is 0 Å². The molecule has 11 nitrogen and oxygen atoms in total. The number of rotatable bonds is 9. The third kappa shape index (κ3) is 6.64. The summed E-state index contributed by atoms with van der Waals surface area (Å²) < 4.78 is 20.2. The Morgan fingerprint density at radius 1 is 1.02 bits per heavy atom. The van der Waals surface area contributed by atoms with Crippen LogP contribution in [0.2, 0.25) is 0 Å². The van der Waals surface area contributed by atoms with Crippen molar-refractivity contribution in [2.24, 2.45) is 0 Å². The van der Waals surface area contributed by atoms with Gasteiger partial charge >= 0.3 is 0 Å². The first-order chi connectivity index (χ1) is 22.8. The van der Waals surface area contributed by atoms with Gasteiger partial charge in [-0.15, -0.1) is 0 Å². The number of aryl methyl sites for hydroxylation is 1. The van der Waals surface area contributed by atoms with E-state index in [4.69, 9.17) is 9.72 Å². The van der Waals surface area contributed by atoms with Gasteiger partial charge in [0.2, 0.25) is 5.95 Å². The highest BCUT2D eigenvalue weighted by Gasteiger charge is 2.30. The van der Waals surface area contributed by atoms with E-state index in [0.29, 0.717) is 65.8 Å². The minimum Gasteiger partial charge on any atom is -0.379 e. The zero-order valence-electron chi connectivity index (χ0n) is 27.4. The van der Waals surface area contributed by atoms with Crippen LogP contribution in [-0.4, -0.2) is 110 Å². The molecule has 3 aliphatic rings. The highest BCUT2D eigenvalue weighted by Crippen LogP contribution is 2.28. The van der Waals surface area contributed by atoms with E-state index in [9.17, 15) is 9.00 Å². The molecule has 0 bridgehead atoms. The molecule has 1 aromatic carbocycles. The molecule has 3 aromatic heterocycles. The van der Waals surface area contributed by atoms with Crippen molar-refractivity contribution in [2.45, 2.75) is 44.2 Å². The van der Waals surface area contributed by atoms with Crippen molar-refractivity contribution < 1.29 is 8.95 Å². The molecule has 0 amide bonds. The van der Waals surface area contributed by atoms with Crippen molar-refractivity contribution >= 4 is 43.7 Å². The highest BCUT2D eigenvalue weighted by atomic mass is 32.2. The second-order valence-corrected chi connectivity index (χ2v) is 15.5. The van der Waals surface area contributed by atoms with Crippen molar-refractivity contribution in [1.29, 1.82) is 0 Å². The number of aromatic nitrogens is 4. The maximum Gasteiger partial charge on any atom is 0.261 e. The lowest BCUT2D eigenvalue weighted by molar-refractivity contribution is 0.0364. The van der Waals surface area contributed by atoms with Crippen molar-refractivity contribution in [3.05, 3.63) is 64.7 Å². The molecule has 248 valence electrons. The van der Waals surface area contributed by atoms with Crippen LogP contribution in [0.25, 0.3) is 22.3 Å². The lowest BCUT2D eigenvalue weighted by atomic mass is 10.1. The fourth-order valence-corrected chi connectivity index (χ4v) is 7.94. The molecule has 2 unspecified atom stereocenters. The average Bonchev–Trinajstić information content (AvgIpc) is 3.57. The third-order valence-electron chi connectivity index (χ3n) is 9.85. The van der Waals surface area contributed by atoms with Gasteiger partial charge in [0, 0.05) is 91.7 Å². The smallest absolute Gasteiger partial charge is 0.261 e. The number of ether oxygens (including phenoxy) is 1. The van der Waals surface area contributed by atoms with Crippen LogP contribution in [0.1, 0.15) is 25.3 Å². The molecule has 1 N–H and O–H groups in total. The predicted molar refractivity (Wildman–Crippen MR) is 190 cm³/mol. The number of nitrogens with zero attached hydrogens (tertiary/aromatic N) is 7. The largest absolute Gasteiger partial charge is 0.379 e. The molecule has 4 aromatic rings. The lowest BCUT2D eigenvalue weighted by Crippen LogP contribution is -2.50. The summed E-state index contributed by atoms with van der Waals surface area (Å²) in [7, 11) is -2.43. The molecule has 7 rings (SSSR count). The van der Waals surface area contributed by atoms with Crippen LogP contribution in [-0.2, 0) is 20.8 Å². The number of hydrogen-bond donors (Lipinski definition) is 1. The Morgan fingerprint density at radius 2 is 1.83 bits per heavy atom. The van der Waals surface area contributed by atoms with Gasteiger partial charge in [0.15, 0.2) is 0 Å². The molecule has 2 atom stereocenters. The second kappa shape index (κ2) is 13.3. The van der Waals surface area contributed by atoms with Crippen LogP contribution in [0, 0.1) is 6.92 Å². The number of fused-ring (bicyclic) bond motifs is 2. The number of nitrogens with one attached hydrogen (secondary N) is 1. The summed E-state index contributed by atoms with van der Waals surface area (Å²) in [6, 6.07) is 12.8. The van der Waals surface area contributed by atoms with Crippen molar-refractivity contribution in [1.82, 2.24) is 29.3 Å². The number of benzene rings is 1. The molecule has 3 aliphatic heterocycles. The lowest BCUT2D eigenvalue weighted by Gasteiger charge is -2.38. The van der Waals surface area contributed by atoms with Gasteiger partial charge < -0.3 is 15.0 Å². The maximum atomic E-state index is 14.2. The second-order valence-electron chi connectivity index (χ2n) is 12.8. The van der Waals surface area contributed by atoms with E-state index in [1.807, 2.05) is 26.0 Å². The zero-order valence-corrected chi connectivity index (χ0v) is 28.2. The average molecular weight is 657 g/mol. The number of pyridine rings is 2. The molecule has 0 aliphatic carbocycles. The van der Waals surface area contributed by atoms with E-state index >= 15 is 0 Å². The summed E-state index contributed by atoms with van der Waals surface area (Å²) in [4.78, 5) is 36.3. The standard InChI is InChI=1S/C35H44N8O3S/c1-4-47(3,45)30-20-25(2)32(36-23-30)31-21-26-22-37-35(39-33(26)43(34(31)44)15-12-40-16-18-46-19-17-40)38-27-7-9-28(10-8-27)42-14-13-41-11-5-6-29(41)24-42/h7-10,20-23,29H,3-6,11-19,24H2,1-2H3,(H,37,38,39). The van der Waals surface area contributed by atoms with E-state index < -0.39 is 9.52 Å². The van der Waals surface area contributed by atoms with Gasteiger partial charge in [-0.1, -0.05) is 6.92 Å². The number of morpholine rings is 1. The molecule has 12 heteroatoms. The summed E-state index contributed by atoms with van der Waals surface area (Å²) in [5.74, 6) is 4.75. The molecular weight excluding hydrogens is 613 g/mol. The zero-order chi connectivity index (χ0) is 32.5. The first-order valence-electron chi connectivity index (χ1n) is 16.7. The summed E-state index contributed by atoms with van der Waals surface area (Å²) in [6.45, 7) is 12.4. The van der Waals surface area contributed by atoms with Gasteiger partial charge in [-0.05, 0) is 83.7 Å². The van der Waals surface area contributed by atoms with Crippen molar-refractivity contribution in [3.8, 4) is 11.3 Å². The predicted octanol–water partition coefficient (Wildman–Crippen LogP) is 3.62. The molecule has 3 saturated heterocycles. The Morgan fingerprint density at radius 3 is 2.60 bits per heavy atom. The molecule has 3 fully saturated rings. The van der Waals surface area contributed by atoms with Crippen LogP contribution in [0.5, 0.6) is 0 Å². The SMILES string of the molecule is C=S(=O)(CC)c1cnc(-c2cc3cnc(Nc4ccc(N5CCN6CCCC6C5)cc4)nc3n(CCN3CCOCC3)c2=O)c(C)c1. The van der Waals surface area contributed by atoms with E-state index in [0.717, 1.165) is 49.4 Å². The minimum absolute atomic E-state index is 0.170. The van der Waals surface area contributed by atoms with Crippen LogP contribution >= 0.6 is 0 Å². The summed E-state index contributed by atoms with van der Waals surface area (Å²) >= 11 is 0. The Kier molecular flexibility index (Phi) is 9.01. The van der Waals surface area contributed by atoms with Crippen LogP contribution in [0.15, 0.2) is 58.5 Å². The van der Waals surface area contributed by atoms with E-state index in [1.165, 1.54) is 25.1 Å². The number of anilines is 3. The van der Waals surface area contributed by atoms with E-state index in [1.54, 1.807) is 17.0 Å². The molecule has 0 radical (unpaired) electrons. The highest BCUT2D eigenvalue weighted by molar-refractivity contribution is 8.00. The van der Waals surface area contributed by atoms with Gasteiger partial charge in [-0.3, -0.25) is 28.4 Å². The fourth-order valence-electron chi connectivity index (χ4n) is 6.97. The Labute approximate surface area is 276 Å². The quantitative estimate of drug-likeness (QED) is 0.269. The van der Waals surface area contributed by atoms with Gasteiger partial charge in [-0.2, -0.15) is 4.98 Å².